The van der Waals surface area contributed by atoms with Crippen molar-refractivity contribution in [1.82, 2.24) is 26.0 Å². The fraction of sp³-hybridized carbons (Fsp3) is 0.556. The SMILES string of the molecule is O=C(N[C@@H](CO)C(=O)NC1CCCCCCC1)c1ccc2n[nH]nc2c1. The van der Waals surface area contributed by atoms with E-state index < -0.39 is 18.6 Å². The molecule has 8 heteroatoms. The number of aliphatic hydroxyl groups is 1. The lowest BCUT2D eigenvalue weighted by Gasteiger charge is -2.24. The molecule has 2 aromatic rings. The van der Waals surface area contributed by atoms with Gasteiger partial charge < -0.3 is 15.7 Å². The third kappa shape index (κ3) is 4.57. The molecule has 3 rings (SSSR count). The van der Waals surface area contributed by atoms with E-state index in [0.717, 1.165) is 25.7 Å². The van der Waals surface area contributed by atoms with E-state index in [0.29, 0.717) is 16.6 Å². The maximum Gasteiger partial charge on any atom is 0.252 e. The molecule has 8 nitrogen and oxygen atoms in total. The number of rotatable bonds is 5. The second-order valence-corrected chi connectivity index (χ2v) is 6.79. The van der Waals surface area contributed by atoms with Crippen LogP contribution in [-0.4, -0.2) is 51.0 Å². The van der Waals surface area contributed by atoms with Gasteiger partial charge in [-0.1, -0.05) is 32.1 Å². The number of benzene rings is 1. The minimum atomic E-state index is -0.971. The molecule has 1 aromatic carbocycles. The molecule has 140 valence electrons. The first-order chi connectivity index (χ1) is 12.7. The van der Waals surface area contributed by atoms with Gasteiger partial charge in [0, 0.05) is 11.6 Å². The second-order valence-electron chi connectivity index (χ2n) is 6.79. The smallest absolute Gasteiger partial charge is 0.252 e. The average Bonchev–Trinajstić information content (AvgIpc) is 3.09. The van der Waals surface area contributed by atoms with Crippen molar-refractivity contribution in [3.05, 3.63) is 23.8 Å². The summed E-state index contributed by atoms with van der Waals surface area (Å²) in [7, 11) is 0. The molecule has 0 unspecified atom stereocenters. The van der Waals surface area contributed by atoms with Gasteiger partial charge in [0.2, 0.25) is 5.91 Å². The molecule has 2 amide bonds. The Morgan fingerprint density at radius 3 is 2.54 bits per heavy atom. The molecule has 0 bridgehead atoms. The quantitative estimate of drug-likeness (QED) is 0.641. The fourth-order valence-electron chi connectivity index (χ4n) is 3.32. The van der Waals surface area contributed by atoms with Gasteiger partial charge in [-0.15, -0.1) is 0 Å². The highest BCUT2D eigenvalue weighted by atomic mass is 16.3. The van der Waals surface area contributed by atoms with Gasteiger partial charge in [-0.25, -0.2) is 0 Å². The van der Waals surface area contributed by atoms with Crippen LogP contribution >= 0.6 is 0 Å². The highest BCUT2D eigenvalue weighted by Gasteiger charge is 2.23. The summed E-state index contributed by atoms with van der Waals surface area (Å²) in [6.45, 7) is -0.448. The van der Waals surface area contributed by atoms with Crippen LogP contribution in [0.5, 0.6) is 0 Å². The van der Waals surface area contributed by atoms with Crippen molar-refractivity contribution in [3.63, 3.8) is 0 Å². The number of hydrogen-bond acceptors (Lipinski definition) is 5. The van der Waals surface area contributed by atoms with Gasteiger partial charge in [0.05, 0.1) is 6.61 Å². The molecule has 1 aliphatic carbocycles. The first-order valence-electron chi connectivity index (χ1n) is 9.20. The van der Waals surface area contributed by atoms with Crippen LogP contribution in [0.2, 0.25) is 0 Å². The summed E-state index contributed by atoms with van der Waals surface area (Å²) in [6, 6.07) is 4.02. The molecule has 1 atom stereocenters. The third-order valence-electron chi connectivity index (χ3n) is 4.83. The Morgan fingerprint density at radius 2 is 1.81 bits per heavy atom. The van der Waals surface area contributed by atoms with Gasteiger partial charge in [0.1, 0.15) is 17.1 Å². The van der Waals surface area contributed by atoms with Crippen LogP contribution in [0.25, 0.3) is 11.0 Å². The van der Waals surface area contributed by atoms with Crippen LogP contribution < -0.4 is 10.6 Å². The Kier molecular flexibility index (Phi) is 6.17. The summed E-state index contributed by atoms with van der Waals surface area (Å²) in [5, 5.41) is 25.5. The van der Waals surface area contributed by atoms with Crippen molar-refractivity contribution in [2.75, 3.05) is 6.61 Å². The van der Waals surface area contributed by atoms with Gasteiger partial charge >= 0.3 is 0 Å². The molecular formula is C18H25N5O3. The van der Waals surface area contributed by atoms with Crippen molar-refractivity contribution in [1.29, 1.82) is 0 Å². The zero-order valence-corrected chi connectivity index (χ0v) is 14.7. The molecule has 1 saturated carbocycles. The van der Waals surface area contributed by atoms with Crippen LogP contribution in [-0.2, 0) is 4.79 Å². The van der Waals surface area contributed by atoms with Crippen molar-refractivity contribution in [2.24, 2.45) is 0 Å². The van der Waals surface area contributed by atoms with E-state index >= 15 is 0 Å². The van der Waals surface area contributed by atoms with Gasteiger partial charge in [0.15, 0.2) is 0 Å². The van der Waals surface area contributed by atoms with E-state index in [-0.39, 0.29) is 11.9 Å². The molecule has 1 fully saturated rings. The van der Waals surface area contributed by atoms with Gasteiger partial charge in [-0.2, -0.15) is 15.4 Å². The number of H-pyrrole nitrogens is 1. The van der Waals surface area contributed by atoms with Gasteiger partial charge in [-0.05, 0) is 31.0 Å². The lowest BCUT2D eigenvalue weighted by atomic mass is 9.96. The first kappa shape index (κ1) is 18.3. The second kappa shape index (κ2) is 8.75. The first-order valence-corrected chi connectivity index (χ1v) is 9.20. The summed E-state index contributed by atoms with van der Waals surface area (Å²) in [4.78, 5) is 24.9. The monoisotopic (exact) mass is 359 g/mol. The van der Waals surface area contributed by atoms with E-state index in [4.69, 9.17) is 0 Å². The summed E-state index contributed by atoms with van der Waals surface area (Å²) in [6.07, 6.45) is 7.72. The summed E-state index contributed by atoms with van der Waals surface area (Å²) >= 11 is 0. The minimum absolute atomic E-state index is 0.111. The highest BCUT2D eigenvalue weighted by molar-refractivity contribution is 5.99. The molecular weight excluding hydrogens is 334 g/mol. The van der Waals surface area contributed by atoms with E-state index in [1.54, 1.807) is 18.2 Å². The van der Waals surface area contributed by atoms with Crippen LogP contribution in [0.15, 0.2) is 18.2 Å². The highest BCUT2D eigenvalue weighted by Crippen LogP contribution is 2.17. The van der Waals surface area contributed by atoms with E-state index in [9.17, 15) is 14.7 Å². The third-order valence-corrected chi connectivity index (χ3v) is 4.83. The normalized spacial score (nSPS) is 17.3. The zero-order valence-electron chi connectivity index (χ0n) is 14.7. The van der Waals surface area contributed by atoms with Gasteiger partial charge in [-0.3, -0.25) is 9.59 Å². The van der Waals surface area contributed by atoms with E-state index in [1.807, 2.05) is 0 Å². The molecule has 0 radical (unpaired) electrons. The molecule has 4 N–H and O–H groups in total. The molecule has 0 saturated heterocycles. The lowest BCUT2D eigenvalue weighted by molar-refractivity contribution is -0.124. The van der Waals surface area contributed by atoms with Crippen molar-refractivity contribution >= 4 is 22.8 Å². The average molecular weight is 359 g/mol. The number of nitrogens with one attached hydrogen (secondary N) is 3. The number of amides is 2. The molecule has 1 aliphatic rings. The van der Waals surface area contributed by atoms with E-state index in [2.05, 4.69) is 26.0 Å². The molecule has 26 heavy (non-hydrogen) atoms. The van der Waals surface area contributed by atoms with Crippen LogP contribution in [0, 0.1) is 0 Å². The van der Waals surface area contributed by atoms with Gasteiger partial charge in [0.25, 0.3) is 5.91 Å². The van der Waals surface area contributed by atoms with E-state index in [1.165, 1.54) is 19.3 Å². The van der Waals surface area contributed by atoms with Crippen LogP contribution in [0.3, 0.4) is 0 Å². The molecule has 1 aromatic heterocycles. The number of nitrogens with zero attached hydrogens (tertiary/aromatic N) is 2. The Balaban J connectivity index is 1.59. The van der Waals surface area contributed by atoms with Crippen molar-refractivity contribution in [2.45, 2.75) is 57.0 Å². The number of aliphatic hydroxyl groups excluding tert-OH is 1. The topological polar surface area (TPSA) is 120 Å². The fourth-order valence-corrected chi connectivity index (χ4v) is 3.32. The summed E-state index contributed by atoms with van der Waals surface area (Å²) in [5.41, 5.74) is 1.59. The number of carbonyl (C=O) groups is 2. The molecule has 1 heterocycles. The maximum atomic E-state index is 12.5. The Hall–Kier alpha value is -2.48. The lowest BCUT2D eigenvalue weighted by Crippen LogP contribution is -2.51. The summed E-state index contributed by atoms with van der Waals surface area (Å²) < 4.78 is 0. The number of fused-ring (bicyclic) bond motifs is 1. The van der Waals surface area contributed by atoms with Crippen molar-refractivity contribution in [3.8, 4) is 0 Å². The minimum Gasteiger partial charge on any atom is -0.394 e. The predicted octanol–water partition coefficient (Wildman–Crippen LogP) is 1.28. The zero-order chi connectivity index (χ0) is 18.4. The Morgan fingerprint density at radius 1 is 1.12 bits per heavy atom. The maximum absolute atomic E-state index is 12.5. The Bertz CT molecular complexity index is 752. The summed E-state index contributed by atoms with van der Waals surface area (Å²) in [5.74, 6) is -0.768. The van der Waals surface area contributed by atoms with Crippen molar-refractivity contribution < 1.29 is 14.7 Å². The largest absolute Gasteiger partial charge is 0.394 e. The number of hydrogen-bond donors (Lipinski definition) is 4. The van der Waals surface area contributed by atoms with Crippen LogP contribution in [0.4, 0.5) is 0 Å². The number of aromatic amines is 1. The number of carbonyl (C=O) groups excluding carboxylic acids is 2. The number of aromatic nitrogens is 3. The molecule has 0 spiro atoms. The predicted molar refractivity (Wildman–Crippen MR) is 96.5 cm³/mol. The molecule has 0 aliphatic heterocycles. The standard InChI is InChI=1S/C18H25N5O3/c24-11-16(18(26)19-13-6-4-2-1-3-5-7-13)20-17(25)12-8-9-14-15(10-12)22-23-21-14/h8-10,13,16,24H,1-7,11H2,(H,19,26)(H,20,25)(H,21,22,23)/t16-/m0/s1. The van der Waals surface area contributed by atoms with Crippen LogP contribution in [0.1, 0.15) is 55.3 Å². The Labute approximate surface area is 151 Å².